The number of hydrogen-bond acceptors (Lipinski definition) is 2. The Labute approximate surface area is 89.3 Å². The van der Waals surface area contributed by atoms with Crippen LogP contribution in [0.4, 0.5) is 13.2 Å². The van der Waals surface area contributed by atoms with Crippen molar-refractivity contribution in [1.82, 2.24) is 0 Å². The van der Waals surface area contributed by atoms with Crippen LogP contribution in [0.3, 0.4) is 0 Å². The quantitative estimate of drug-likeness (QED) is 0.691. The number of hydrogen-bond donors (Lipinski definition) is 0. The summed E-state index contributed by atoms with van der Waals surface area (Å²) in [6.07, 6.45) is -3.21. The zero-order valence-electron chi connectivity index (χ0n) is 8.04. The van der Waals surface area contributed by atoms with Gasteiger partial charge in [0, 0.05) is 11.6 Å². The SMILES string of the molecule is O=C1OCc2cc(C=CC(F)(F)F)ccc21. The van der Waals surface area contributed by atoms with Crippen LogP contribution in [0.25, 0.3) is 6.08 Å². The molecule has 0 radical (unpaired) electrons. The molecule has 1 heterocycles. The highest BCUT2D eigenvalue weighted by molar-refractivity contribution is 5.93. The average Bonchev–Trinajstić information content (AvgIpc) is 2.56. The summed E-state index contributed by atoms with van der Waals surface area (Å²) in [5.41, 5.74) is 1.44. The van der Waals surface area contributed by atoms with Crippen molar-refractivity contribution in [3.63, 3.8) is 0 Å². The molecule has 0 saturated carbocycles. The van der Waals surface area contributed by atoms with Crippen molar-refractivity contribution in [2.24, 2.45) is 0 Å². The summed E-state index contributed by atoms with van der Waals surface area (Å²) in [6.45, 7) is 0.127. The Bertz CT molecular complexity index is 461. The Kier molecular flexibility index (Phi) is 2.46. The molecular formula is C11H7F3O2. The number of alkyl halides is 3. The fraction of sp³-hybridized carbons (Fsp3) is 0.182. The summed E-state index contributed by atoms with van der Waals surface area (Å²) < 4.78 is 40.5. The molecule has 0 saturated heterocycles. The van der Waals surface area contributed by atoms with Gasteiger partial charge in [0.05, 0.1) is 5.56 Å². The van der Waals surface area contributed by atoms with E-state index in [1.54, 1.807) is 0 Å². The molecule has 2 nitrogen and oxygen atoms in total. The van der Waals surface area contributed by atoms with Crippen LogP contribution in [-0.4, -0.2) is 12.1 Å². The van der Waals surface area contributed by atoms with E-state index in [0.717, 1.165) is 6.08 Å². The van der Waals surface area contributed by atoms with E-state index in [9.17, 15) is 18.0 Å². The van der Waals surface area contributed by atoms with Gasteiger partial charge in [-0.15, -0.1) is 0 Å². The van der Waals surface area contributed by atoms with E-state index in [0.29, 0.717) is 16.7 Å². The molecule has 1 aliphatic rings. The predicted octanol–water partition coefficient (Wildman–Crippen LogP) is 2.93. The fourth-order valence-corrected chi connectivity index (χ4v) is 1.45. The van der Waals surface area contributed by atoms with Gasteiger partial charge in [0.15, 0.2) is 0 Å². The third kappa shape index (κ3) is 2.24. The molecule has 5 heteroatoms. The lowest BCUT2D eigenvalue weighted by atomic mass is 10.1. The second-order valence-corrected chi connectivity index (χ2v) is 3.37. The largest absolute Gasteiger partial charge is 0.457 e. The van der Waals surface area contributed by atoms with Crippen LogP contribution in [0, 0.1) is 0 Å². The highest BCUT2D eigenvalue weighted by Crippen LogP contribution is 2.23. The Morgan fingerprint density at radius 3 is 2.75 bits per heavy atom. The number of benzene rings is 1. The lowest BCUT2D eigenvalue weighted by Crippen LogP contribution is -2.00. The molecule has 2 rings (SSSR count). The van der Waals surface area contributed by atoms with E-state index in [1.807, 2.05) is 0 Å². The minimum atomic E-state index is -4.33. The Morgan fingerprint density at radius 1 is 1.31 bits per heavy atom. The molecule has 1 aromatic rings. The van der Waals surface area contributed by atoms with Crippen LogP contribution in [0.2, 0.25) is 0 Å². The van der Waals surface area contributed by atoms with Crippen molar-refractivity contribution in [1.29, 1.82) is 0 Å². The topological polar surface area (TPSA) is 26.3 Å². The highest BCUT2D eigenvalue weighted by Gasteiger charge is 2.23. The Hall–Kier alpha value is -1.78. The number of rotatable bonds is 1. The lowest BCUT2D eigenvalue weighted by Gasteiger charge is -1.99. The van der Waals surface area contributed by atoms with Gasteiger partial charge in [0.2, 0.25) is 0 Å². The second-order valence-electron chi connectivity index (χ2n) is 3.37. The maximum atomic E-state index is 11.9. The molecule has 0 fully saturated rings. The molecule has 0 N–H and O–H groups in total. The number of carbonyl (C=O) groups excluding carboxylic acids is 1. The van der Waals surface area contributed by atoms with Crippen molar-refractivity contribution >= 4 is 12.0 Å². The van der Waals surface area contributed by atoms with Crippen molar-refractivity contribution in [2.75, 3.05) is 0 Å². The smallest absolute Gasteiger partial charge is 0.409 e. The van der Waals surface area contributed by atoms with Crippen LogP contribution in [0.5, 0.6) is 0 Å². The summed E-state index contributed by atoms with van der Waals surface area (Å²) in [5.74, 6) is -0.429. The predicted molar refractivity (Wildman–Crippen MR) is 50.7 cm³/mol. The van der Waals surface area contributed by atoms with Gasteiger partial charge in [-0.05, 0) is 17.7 Å². The van der Waals surface area contributed by atoms with E-state index in [2.05, 4.69) is 0 Å². The van der Waals surface area contributed by atoms with Gasteiger partial charge in [-0.25, -0.2) is 4.79 Å². The number of allylic oxidation sites excluding steroid dienone is 1. The third-order valence-corrected chi connectivity index (χ3v) is 2.17. The van der Waals surface area contributed by atoms with Crippen molar-refractivity contribution in [3.05, 3.63) is 41.0 Å². The van der Waals surface area contributed by atoms with Crippen LogP contribution in [0.15, 0.2) is 24.3 Å². The molecule has 0 atom stereocenters. The zero-order valence-corrected chi connectivity index (χ0v) is 8.04. The Morgan fingerprint density at radius 2 is 2.06 bits per heavy atom. The van der Waals surface area contributed by atoms with Gasteiger partial charge in [-0.3, -0.25) is 0 Å². The summed E-state index contributed by atoms with van der Waals surface area (Å²) in [7, 11) is 0. The third-order valence-electron chi connectivity index (χ3n) is 2.17. The number of esters is 1. The standard InChI is InChI=1S/C11H7F3O2/c12-11(13,14)4-3-7-1-2-9-8(5-7)6-16-10(9)15/h1-5H,6H2. The van der Waals surface area contributed by atoms with Crippen molar-refractivity contribution in [3.8, 4) is 0 Å². The van der Waals surface area contributed by atoms with Gasteiger partial charge in [0.25, 0.3) is 0 Å². The van der Waals surface area contributed by atoms with Gasteiger partial charge in [0.1, 0.15) is 6.61 Å². The van der Waals surface area contributed by atoms with E-state index in [-0.39, 0.29) is 12.7 Å². The van der Waals surface area contributed by atoms with Gasteiger partial charge >= 0.3 is 12.1 Å². The van der Waals surface area contributed by atoms with E-state index < -0.39 is 12.1 Å². The second kappa shape index (κ2) is 3.66. The molecule has 0 amide bonds. The molecule has 84 valence electrons. The maximum Gasteiger partial charge on any atom is 0.409 e. The van der Waals surface area contributed by atoms with Gasteiger partial charge < -0.3 is 4.74 Å². The molecule has 0 unspecified atom stereocenters. The van der Waals surface area contributed by atoms with Crippen LogP contribution < -0.4 is 0 Å². The van der Waals surface area contributed by atoms with Crippen LogP contribution in [0.1, 0.15) is 21.5 Å². The first-order valence-corrected chi connectivity index (χ1v) is 4.52. The summed E-state index contributed by atoms with van der Waals surface area (Å²) in [5, 5.41) is 0. The van der Waals surface area contributed by atoms with E-state index >= 15 is 0 Å². The number of carbonyl (C=O) groups is 1. The molecule has 1 aliphatic heterocycles. The maximum absolute atomic E-state index is 11.9. The van der Waals surface area contributed by atoms with Gasteiger partial charge in [-0.1, -0.05) is 12.1 Å². The highest BCUT2D eigenvalue weighted by atomic mass is 19.4. The summed E-state index contributed by atoms with van der Waals surface area (Å²) in [4.78, 5) is 11.1. The average molecular weight is 228 g/mol. The first kappa shape index (κ1) is 10.7. The van der Waals surface area contributed by atoms with Crippen molar-refractivity contribution < 1.29 is 22.7 Å². The van der Waals surface area contributed by atoms with Gasteiger partial charge in [-0.2, -0.15) is 13.2 Å². The van der Waals surface area contributed by atoms with Crippen molar-refractivity contribution in [2.45, 2.75) is 12.8 Å². The molecule has 16 heavy (non-hydrogen) atoms. The number of halogens is 3. The monoisotopic (exact) mass is 228 g/mol. The first-order valence-electron chi connectivity index (χ1n) is 4.52. The lowest BCUT2D eigenvalue weighted by molar-refractivity contribution is -0.0790. The normalized spacial score (nSPS) is 15.3. The summed E-state index contributed by atoms with van der Waals surface area (Å²) in [6, 6.07) is 4.44. The minimum Gasteiger partial charge on any atom is -0.457 e. The number of ether oxygens (including phenoxy) is 1. The zero-order chi connectivity index (χ0) is 11.8. The molecule has 1 aromatic carbocycles. The molecule has 0 bridgehead atoms. The first-order chi connectivity index (χ1) is 7.46. The molecule has 0 aromatic heterocycles. The number of cyclic esters (lactones) is 1. The van der Waals surface area contributed by atoms with Crippen LogP contribution in [-0.2, 0) is 11.3 Å². The summed E-state index contributed by atoms with van der Waals surface area (Å²) >= 11 is 0. The molecule has 0 spiro atoms. The number of fused-ring (bicyclic) bond motifs is 1. The minimum absolute atomic E-state index is 0.127. The molecular weight excluding hydrogens is 221 g/mol. The Balaban J connectivity index is 2.26. The van der Waals surface area contributed by atoms with E-state index in [1.165, 1.54) is 18.2 Å². The van der Waals surface area contributed by atoms with Crippen LogP contribution >= 0.6 is 0 Å². The molecule has 0 aliphatic carbocycles. The van der Waals surface area contributed by atoms with E-state index in [4.69, 9.17) is 4.74 Å². The fourth-order valence-electron chi connectivity index (χ4n) is 1.45.